The molecule has 1 aliphatic heterocycles. The summed E-state index contributed by atoms with van der Waals surface area (Å²) in [5.74, 6) is -1.23. The number of hydrogen-bond donors (Lipinski definition) is 0. The fourth-order valence-corrected chi connectivity index (χ4v) is 1.74. The highest BCUT2D eigenvalue weighted by molar-refractivity contribution is 6.10. The zero-order chi connectivity index (χ0) is 10.3. The monoisotopic (exact) mass is 197 g/mol. The molecule has 2 rings (SSSR count). The van der Waals surface area contributed by atoms with Gasteiger partial charge in [-0.2, -0.15) is 0 Å². The van der Waals surface area contributed by atoms with Crippen LogP contribution in [0.1, 0.15) is 13.3 Å². The summed E-state index contributed by atoms with van der Waals surface area (Å²) in [6, 6.07) is 0. The van der Waals surface area contributed by atoms with Gasteiger partial charge in [-0.15, -0.1) is 0 Å². The molecule has 1 saturated heterocycles. The van der Waals surface area contributed by atoms with Crippen LogP contribution in [0, 0.1) is 11.8 Å². The van der Waals surface area contributed by atoms with Gasteiger partial charge in [-0.05, 0) is 13.3 Å². The predicted octanol–water partition coefficient (Wildman–Crippen LogP) is -0.446. The minimum absolute atomic E-state index is 0.142. The molecule has 1 aliphatic carbocycles. The van der Waals surface area contributed by atoms with E-state index in [1.807, 2.05) is 0 Å². The Labute approximate surface area is 81.0 Å². The molecule has 2 unspecified atom stereocenters. The van der Waals surface area contributed by atoms with Crippen molar-refractivity contribution in [1.29, 1.82) is 0 Å². The van der Waals surface area contributed by atoms with Crippen molar-refractivity contribution < 1.29 is 19.1 Å². The summed E-state index contributed by atoms with van der Waals surface area (Å²) >= 11 is 0. The van der Waals surface area contributed by atoms with Crippen molar-refractivity contribution in [1.82, 2.24) is 4.90 Å². The van der Waals surface area contributed by atoms with Gasteiger partial charge >= 0.3 is 5.97 Å². The van der Waals surface area contributed by atoms with Crippen molar-refractivity contribution in [2.24, 2.45) is 11.8 Å². The van der Waals surface area contributed by atoms with Crippen molar-refractivity contribution in [2.45, 2.75) is 13.3 Å². The van der Waals surface area contributed by atoms with Crippen molar-refractivity contribution in [3.8, 4) is 0 Å². The van der Waals surface area contributed by atoms with Gasteiger partial charge in [-0.25, -0.2) is 0 Å². The largest absolute Gasteiger partial charge is 0.465 e. The molecular weight excluding hydrogens is 186 g/mol. The number of imide groups is 1. The van der Waals surface area contributed by atoms with Crippen LogP contribution in [0.2, 0.25) is 0 Å². The lowest BCUT2D eigenvalue weighted by Gasteiger charge is -2.14. The van der Waals surface area contributed by atoms with E-state index in [-0.39, 0.29) is 36.8 Å². The molecule has 5 nitrogen and oxygen atoms in total. The van der Waals surface area contributed by atoms with Crippen LogP contribution >= 0.6 is 0 Å². The topological polar surface area (TPSA) is 63.7 Å². The maximum Gasteiger partial charge on any atom is 0.326 e. The van der Waals surface area contributed by atoms with Crippen LogP contribution in [-0.2, 0) is 19.1 Å². The van der Waals surface area contributed by atoms with E-state index in [0.29, 0.717) is 6.42 Å². The highest BCUT2D eigenvalue weighted by Crippen LogP contribution is 2.46. The smallest absolute Gasteiger partial charge is 0.326 e. The van der Waals surface area contributed by atoms with E-state index in [2.05, 4.69) is 4.74 Å². The summed E-state index contributed by atoms with van der Waals surface area (Å²) in [5.41, 5.74) is 0. The first kappa shape index (κ1) is 9.18. The van der Waals surface area contributed by atoms with E-state index in [1.165, 1.54) is 0 Å². The van der Waals surface area contributed by atoms with Gasteiger partial charge in [0.2, 0.25) is 11.8 Å². The molecule has 14 heavy (non-hydrogen) atoms. The van der Waals surface area contributed by atoms with E-state index in [0.717, 1.165) is 4.90 Å². The van der Waals surface area contributed by atoms with Gasteiger partial charge in [0.05, 0.1) is 18.4 Å². The minimum atomic E-state index is -0.518. The highest BCUT2D eigenvalue weighted by Gasteiger charge is 2.59. The number of likely N-dealkylation sites (tertiary alicyclic amines) is 1. The third-order valence-electron chi connectivity index (χ3n) is 2.55. The van der Waals surface area contributed by atoms with Crippen LogP contribution in [0.15, 0.2) is 0 Å². The maximum atomic E-state index is 11.4. The third-order valence-corrected chi connectivity index (χ3v) is 2.55. The Bertz CT molecular complexity index is 292. The number of amides is 2. The van der Waals surface area contributed by atoms with Crippen molar-refractivity contribution in [2.75, 3.05) is 13.2 Å². The maximum absolute atomic E-state index is 11.4. The molecule has 1 heterocycles. The van der Waals surface area contributed by atoms with Crippen LogP contribution in [-0.4, -0.2) is 35.8 Å². The SMILES string of the molecule is CCOC(=O)CN1C(=O)C2CC2C1=O. The molecule has 2 amide bonds. The number of esters is 1. The van der Waals surface area contributed by atoms with E-state index in [4.69, 9.17) is 0 Å². The van der Waals surface area contributed by atoms with Crippen LogP contribution < -0.4 is 0 Å². The first-order valence-electron chi connectivity index (χ1n) is 4.66. The van der Waals surface area contributed by atoms with Gasteiger partial charge in [0.1, 0.15) is 6.54 Å². The molecule has 0 aromatic rings. The first-order chi connectivity index (χ1) is 6.65. The second kappa shape index (κ2) is 3.08. The molecule has 5 heteroatoms. The Morgan fingerprint density at radius 1 is 1.43 bits per heavy atom. The molecular formula is C9H11NO4. The average molecular weight is 197 g/mol. The summed E-state index contributed by atoms with van der Waals surface area (Å²) in [5, 5.41) is 0. The van der Waals surface area contributed by atoms with Gasteiger partial charge in [0.15, 0.2) is 0 Å². The predicted molar refractivity (Wildman–Crippen MR) is 45.0 cm³/mol. The standard InChI is InChI=1S/C9H11NO4/c1-2-14-7(11)4-10-8(12)5-3-6(5)9(10)13/h5-6H,2-4H2,1H3. The van der Waals surface area contributed by atoms with Gasteiger partial charge in [0, 0.05) is 0 Å². The number of fused-ring (bicyclic) bond motifs is 1. The molecule has 1 saturated carbocycles. The second-order valence-electron chi connectivity index (χ2n) is 3.52. The van der Waals surface area contributed by atoms with Crippen molar-refractivity contribution in [3.63, 3.8) is 0 Å². The van der Waals surface area contributed by atoms with E-state index in [9.17, 15) is 14.4 Å². The Balaban J connectivity index is 1.95. The summed E-state index contributed by atoms with van der Waals surface area (Å²) in [6.45, 7) is 1.73. The Morgan fingerprint density at radius 2 is 2.00 bits per heavy atom. The van der Waals surface area contributed by atoms with Crippen molar-refractivity contribution in [3.05, 3.63) is 0 Å². The molecule has 0 radical (unpaired) electrons. The Hall–Kier alpha value is -1.39. The normalized spacial score (nSPS) is 29.1. The first-order valence-corrected chi connectivity index (χ1v) is 4.66. The van der Waals surface area contributed by atoms with Gasteiger partial charge in [-0.3, -0.25) is 19.3 Å². The lowest BCUT2D eigenvalue weighted by molar-refractivity contribution is -0.153. The molecule has 2 atom stereocenters. The Morgan fingerprint density at radius 3 is 2.50 bits per heavy atom. The molecule has 0 aromatic heterocycles. The molecule has 0 N–H and O–H groups in total. The second-order valence-corrected chi connectivity index (χ2v) is 3.52. The molecule has 0 aromatic carbocycles. The number of piperidine rings is 1. The third kappa shape index (κ3) is 1.29. The van der Waals surface area contributed by atoms with Crippen molar-refractivity contribution >= 4 is 17.8 Å². The number of rotatable bonds is 3. The van der Waals surface area contributed by atoms with Gasteiger partial charge in [0.25, 0.3) is 0 Å². The fourth-order valence-electron chi connectivity index (χ4n) is 1.74. The van der Waals surface area contributed by atoms with Crippen LogP contribution in [0.3, 0.4) is 0 Å². The van der Waals surface area contributed by atoms with Crippen LogP contribution in [0.5, 0.6) is 0 Å². The summed E-state index contributed by atoms with van der Waals surface area (Å²) in [6.07, 6.45) is 0.664. The summed E-state index contributed by atoms with van der Waals surface area (Å²) in [4.78, 5) is 34.8. The van der Waals surface area contributed by atoms with E-state index in [1.54, 1.807) is 6.92 Å². The van der Waals surface area contributed by atoms with Gasteiger partial charge in [-0.1, -0.05) is 0 Å². The van der Waals surface area contributed by atoms with E-state index < -0.39 is 5.97 Å². The summed E-state index contributed by atoms with van der Waals surface area (Å²) < 4.78 is 4.67. The van der Waals surface area contributed by atoms with Crippen LogP contribution in [0.25, 0.3) is 0 Å². The van der Waals surface area contributed by atoms with Crippen LogP contribution in [0.4, 0.5) is 0 Å². The highest BCUT2D eigenvalue weighted by atomic mass is 16.5. The molecule has 0 bridgehead atoms. The molecule has 2 fully saturated rings. The molecule has 76 valence electrons. The number of ether oxygens (including phenoxy) is 1. The zero-order valence-electron chi connectivity index (χ0n) is 7.86. The average Bonchev–Trinajstić information content (AvgIpc) is 2.87. The quantitative estimate of drug-likeness (QED) is 0.454. The number of nitrogens with zero attached hydrogens (tertiary/aromatic N) is 1. The van der Waals surface area contributed by atoms with E-state index >= 15 is 0 Å². The molecule has 0 spiro atoms. The number of carbonyl (C=O) groups is 3. The lowest BCUT2D eigenvalue weighted by atomic mass is 10.4. The Kier molecular flexibility index (Phi) is 2.02. The zero-order valence-corrected chi connectivity index (χ0v) is 7.86. The molecule has 2 aliphatic rings. The lowest BCUT2D eigenvalue weighted by Crippen LogP contribution is -2.38. The number of carbonyl (C=O) groups excluding carboxylic acids is 3. The number of hydrogen-bond acceptors (Lipinski definition) is 4. The van der Waals surface area contributed by atoms with Gasteiger partial charge < -0.3 is 4.74 Å². The summed E-state index contributed by atoms with van der Waals surface area (Å²) in [7, 11) is 0. The minimum Gasteiger partial charge on any atom is -0.465 e. The fraction of sp³-hybridized carbons (Fsp3) is 0.667.